The molecule has 1 aromatic carbocycles. The van der Waals surface area contributed by atoms with E-state index in [-0.39, 0.29) is 11.2 Å². The molecule has 1 aromatic heterocycles. The predicted molar refractivity (Wildman–Crippen MR) is 96.9 cm³/mol. The lowest BCUT2D eigenvalue weighted by atomic mass is 10.2. The van der Waals surface area contributed by atoms with Crippen LogP contribution in [-0.2, 0) is 11.3 Å². The number of carbonyl (C=O) groups is 1. The zero-order valence-electron chi connectivity index (χ0n) is 14.0. The monoisotopic (exact) mass is 329 g/mol. The first-order chi connectivity index (χ1) is 11.0. The van der Waals surface area contributed by atoms with Crippen LogP contribution in [-0.4, -0.2) is 30.2 Å². The molecule has 0 saturated heterocycles. The molecule has 2 rings (SSSR count). The van der Waals surface area contributed by atoms with Crippen LogP contribution >= 0.6 is 11.8 Å². The Morgan fingerprint density at radius 1 is 1.26 bits per heavy atom. The van der Waals surface area contributed by atoms with Gasteiger partial charge in [0.1, 0.15) is 5.82 Å². The van der Waals surface area contributed by atoms with Crippen LogP contribution in [0.25, 0.3) is 0 Å². The molecule has 0 aliphatic heterocycles. The fraction of sp³-hybridized carbons (Fsp3) is 0.333. The van der Waals surface area contributed by atoms with Crippen molar-refractivity contribution in [3.63, 3.8) is 0 Å². The standard InChI is InChI=1S/C18H23N3OS/c1-13-7-9-16(10-8-13)23-14(2)18(22)20-12-15-6-5-11-19-17(15)21(3)4/h5-11,14H,12H2,1-4H3,(H,20,22). The molecule has 23 heavy (non-hydrogen) atoms. The number of hydrogen-bond acceptors (Lipinski definition) is 4. The molecule has 122 valence electrons. The number of hydrogen-bond donors (Lipinski definition) is 1. The summed E-state index contributed by atoms with van der Waals surface area (Å²) in [5.74, 6) is 0.913. The Hall–Kier alpha value is -2.01. The molecule has 1 unspecified atom stereocenters. The second-order valence-electron chi connectivity index (χ2n) is 5.67. The Balaban J connectivity index is 1.93. The van der Waals surface area contributed by atoms with Gasteiger partial charge in [0.05, 0.1) is 5.25 Å². The van der Waals surface area contributed by atoms with Gasteiger partial charge in [-0.15, -0.1) is 11.8 Å². The molecule has 0 fully saturated rings. The van der Waals surface area contributed by atoms with Crippen molar-refractivity contribution in [2.24, 2.45) is 0 Å². The quantitative estimate of drug-likeness (QED) is 0.826. The molecule has 0 radical (unpaired) electrons. The zero-order valence-corrected chi connectivity index (χ0v) is 14.9. The van der Waals surface area contributed by atoms with E-state index < -0.39 is 0 Å². The highest BCUT2D eigenvalue weighted by molar-refractivity contribution is 8.00. The van der Waals surface area contributed by atoms with Crippen LogP contribution in [0.3, 0.4) is 0 Å². The number of pyridine rings is 1. The highest BCUT2D eigenvalue weighted by Crippen LogP contribution is 2.23. The number of aryl methyl sites for hydroxylation is 1. The van der Waals surface area contributed by atoms with Crippen LogP contribution in [0.15, 0.2) is 47.5 Å². The van der Waals surface area contributed by atoms with E-state index in [4.69, 9.17) is 0 Å². The lowest BCUT2D eigenvalue weighted by molar-refractivity contribution is -0.120. The minimum atomic E-state index is -0.141. The molecule has 0 aliphatic carbocycles. The highest BCUT2D eigenvalue weighted by atomic mass is 32.2. The third kappa shape index (κ3) is 4.99. The molecule has 1 N–H and O–H groups in total. The van der Waals surface area contributed by atoms with Crippen molar-refractivity contribution >= 4 is 23.5 Å². The normalized spacial score (nSPS) is 11.8. The van der Waals surface area contributed by atoms with E-state index in [0.717, 1.165) is 16.3 Å². The van der Waals surface area contributed by atoms with Crippen molar-refractivity contribution in [2.45, 2.75) is 30.5 Å². The van der Waals surface area contributed by atoms with Crippen molar-refractivity contribution in [1.29, 1.82) is 0 Å². The van der Waals surface area contributed by atoms with Crippen molar-refractivity contribution in [2.75, 3.05) is 19.0 Å². The van der Waals surface area contributed by atoms with E-state index in [2.05, 4.69) is 41.5 Å². The van der Waals surface area contributed by atoms with Crippen LogP contribution in [0.5, 0.6) is 0 Å². The van der Waals surface area contributed by atoms with Crippen LogP contribution in [0.1, 0.15) is 18.1 Å². The molecule has 1 heterocycles. The fourth-order valence-electron chi connectivity index (χ4n) is 2.17. The summed E-state index contributed by atoms with van der Waals surface area (Å²) < 4.78 is 0. The van der Waals surface area contributed by atoms with Gasteiger partial charge in [-0.2, -0.15) is 0 Å². The second-order valence-corrected chi connectivity index (χ2v) is 7.09. The van der Waals surface area contributed by atoms with Crippen molar-refractivity contribution in [3.05, 3.63) is 53.7 Å². The Labute approximate surface area is 142 Å². The molecular formula is C18H23N3OS. The number of aromatic nitrogens is 1. The zero-order chi connectivity index (χ0) is 16.8. The predicted octanol–water partition coefficient (Wildman–Crippen LogP) is 3.25. The van der Waals surface area contributed by atoms with Crippen molar-refractivity contribution in [3.8, 4) is 0 Å². The summed E-state index contributed by atoms with van der Waals surface area (Å²) in [5.41, 5.74) is 2.23. The number of rotatable bonds is 6. The van der Waals surface area contributed by atoms with E-state index in [1.54, 1.807) is 18.0 Å². The molecule has 0 aliphatic rings. The van der Waals surface area contributed by atoms with Gasteiger partial charge in [-0.05, 0) is 32.0 Å². The van der Waals surface area contributed by atoms with Crippen LogP contribution < -0.4 is 10.2 Å². The average molecular weight is 329 g/mol. The third-order valence-corrected chi connectivity index (χ3v) is 4.56. The number of carbonyl (C=O) groups excluding carboxylic acids is 1. The second kappa shape index (κ2) is 8.02. The third-order valence-electron chi connectivity index (χ3n) is 3.45. The number of anilines is 1. The molecule has 4 nitrogen and oxygen atoms in total. The maximum Gasteiger partial charge on any atom is 0.233 e. The largest absolute Gasteiger partial charge is 0.362 e. The van der Waals surface area contributed by atoms with E-state index in [1.165, 1.54) is 5.56 Å². The lowest BCUT2D eigenvalue weighted by Crippen LogP contribution is -2.31. The van der Waals surface area contributed by atoms with Gasteiger partial charge in [-0.1, -0.05) is 23.8 Å². The Kier molecular flexibility index (Phi) is 6.04. The lowest BCUT2D eigenvalue weighted by Gasteiger charge is -2.17. The van der Waals surface area contributed by atoms with Gasteiger partial charge in [0, 0.05) is 37.3 Å². The van der Waals surface area contributed by atoms with E-state index in [9.17, 15) is 4.79 Å². The molecule has 1 amide bonds. The van der Waals surface area contributed by atoms with Gasteiger partial charge >= 0.3 is 0 Å². The van der Waals surface area contributed by atoms with E-state index in [1.807, 2.05) is 38.1 Å². The minimum Gasteiger partial charge on any atom is -0.362 e. The summed E-state index contributed by atoms with van der Waals surface area (Å²) in [5, 5.41) is 2.86. The van der Waals surface area contributed by atoms with Gasteiger partial charge in [0.15, 0.2) is 0 Å². The van der Waals surface area contributed by atoms with Gasteiger partial charge in [-0.25, -0.2) is 4.98 Å². The molecule has 1 atom stereocenters. The maximum absolute atomic E-state index is 12.3. The highest BCUT2D eigenvalue weighted by Gasteiger charge is 2.15. The van der Waals surface area contributed by atoms with E-state index >= 15 is 0 Å². The molecule has 0 bridgehead atoms. The first kappa shape index (κ1) is 17.3. The summed E-state index contributed by atoms with van der Waals surface area (Å²) in [6.45, 7) is 4.47. The molecular weight excluding hydrogens is 306 g/mol. The number of thioether (sulfide) groups is 1. The van der Waals surface area contributed by atoms with Crippen molar-refractivity contribution in [1.82, 2.24) is 10.3 Å². The maximum atomic E-state index is 12.3. The summed E-state index contributed by atoms with van der Waals surface area (Å²) in [7, 11) is 3.90. The molecule has 2 aromatic rings. The Morgan fingerprint density at radius 3 is 2.61 bits per heavy atom. The van der Waals surface area contributed by atoms with Gasteiger partial charge in [0.25, 0.3) is 0 Å². The first-order valence-electron chi connectivity index (χ1n) is 7.59. The topological polar surface area (TPSA) is 45.2 Å². The fourth-order valence-corrected chi connectivity index (χ4v) is 3.06. The van der Waals surface area contributed by atoms with Crippen LogP contribution in [0, 0.1) is 6.92 Å². The number of amides is 1. The molecule has 0 saturated carbocycles. The average Bonchev–Trinajstić information content (AvgIpc) is 2.54. The minimum absolute atomic E-state index is 0.0316. The summed E-state index contributed by atoms with van der Waals surface area (Å²) in [4.78, 5) is 19.7. The molecule has 0 spiro atoms. The van der Waals surface area contributed by atoms with Crippen LogP contribution in [0.4, 0.5) is 5.82 Å². The number of nitrogens with one attached hydrogen (secondary N) is 1. The molecule has 5 heteroatoms. The smallest absolute Gasteiger partial charge is 0.233 e. The van der Waals surface area contributed by atoms with Crippen LogP contribution in [0.2, 0.25) is 0 Å². The van der Waals surface area contributed by atoms with Crippen molar-refractivity contribution < 1.29 is 4.79 Å². The van der Waals surface area contributed by atoms with Gasteiger partial charge < -0.3 is 10.2 Å². The summed E-state index contributed by atoms with van der Waals surface area (Å²) in [6.07, 6.45) is 1.76. The SMILES string of the molecule is Cc1ccc(SC(C)C(=O)NCc2cccnc2N(C)C)cc1. The van der Waals surface area contributed by atoms with Gasteiger partial charge in [-0.3, -0.25) is 4.79 Å². The van der Waals surface area contributed by atoms with Gasteiger partial charge in [0.2, 0.25) is 5.91 Å². The Morgan fingerprint density at radius 2 is 1.96 bits per heavy atom. The summed E-state index contributed by atoms with van der Waals surface area (Å²) in [6, 6.07) is 12.1. The Bertz CT molecular complexity index is 656. The first-order valence-corrected chi connectivity index (χ1v) is 8.47. The van der Waals surface area contributed by atoms with E-state index in [0.29, 0.717) is 6.54 Å². The number of nitrogens with zero attached hydrogens (tertiary/aromatic N) is 2. The summed E-state index contributed by atoms with van der Waals surface area (Å²) >= 11 is 1.57. The number of benzene rings is 1.